The van der Waals surface area contributed by atoms with E-state index in [1.54, 1.807) is 44.2 Å². The number of H-pyrrole nitrogens is 1. The van der Waals surface area contributed by atoms with Crippen molar-refractivity contribution in [2.75, 3.05) is 28.0 Å². The van der Waals surface area contributed by atoms with Gasteiger partial charge in [-0.2, -0.15) is 0 Å². The zero-order valence-corrected chi connectivity index (χ0v) is 22.9. The lowest BCUT2D eigenvalue weighted by Gasteiger charge is -2.37. The van der Waals surface area contributed by atoms with Crippen molar-refractivity contribution in [3.05, 3.63) is 76.8 Å². The van der Waals surface area contributed by atoms with Gasteiger partial charge in [0.1, 0.15) is 6.04 Å². The number of fused-ring (bicyclic) bond motifs is 2. The maximum absolute atomic E-state index is 14.0. The Bertz CT molecular complexity index is 1650. The molecule has 3 aromatic carbocycles. The number of hydrogen-bond donors (Lipinski definition) is 4. The van der Waals surface area contributed by atoms with Crippen LogP contribution in [0.5, 0.6) is 0 Å². The van der Waals surface area contributed by atoms with Crippen LogP contribution in [0.25, 0.3) is 11.0 Å². The number of sulfonamides is 1. The molecule has 0 saturated carbocycles. The zero-order chi connectivity index (χ0) is 27.7. The number of aryl methyl sites for hydroxylation is 2. The van der Waals surface area contributed by atoms with E-state index in [1.165, 1.54) is 6.07 Å². The molecule has 0 bridgehead atoms. The minimum Gasteiger partial charge on any atom is -0.354 e. The molecule has 2 amide bonds. The summed E-state index contributed by atoms with van der Waals surface area (Å²) in [4.78, 5) is 33.7. The Morgan fingerprint density at radius 3 is 2.59 bits per heavy atom. The highest BCUT2D eigenvalue weighted by Gasteiger charge is 2.42. The number of benzene rings is 3. The van der Waals surface area contributed by atoms with E-state index in [0.717, 1.165) is 15.3 Å². The van der Waals surface area contributed by atoms with Gasteiger partial charge in [-0.1, -0.05) is 35.9 Å². The topological polar surface area (TPSA) is 136 Å². The number of imidazole rings is 1. The van der Waals surface area contributed by atoms with E-state index in [-0.39, 0.29) is 23.5 Å². The molecule has 10 nitrogen and oxygen atoms in total. The van der Waals surface area contributed by atoms with Crippen molar-refractivity contribution in [1.29, 1.82) is 0 Å². The van der Waals surface area contributed by atoms with E-state index in [2.05, 4.69) is 25.9 Å². The third-order valence-electron chi connectivity index (χ3n) is 6.49. The highest BCUT2D eigenvalue weighted by Crippen LogP contribution is 2.38. The Kier molecular flexibility index (Phi) is 7.19. The van der Waals surface area contributed by atoms with Gasteiger partial charge in [-0.05, 0) is 61.4 Å². The summed E-state index contributed by atoms with van der Waals surface area (Å²) >= 11 is 6.21. The number of aromatic nitrogens is 2. The van der Waals surface area contributed by atoms with Gasteiger partial charge in [-0.3, -0.25) is 13.9 Å². The van der Waals surface area contributed by atoms with E-state index in [9.17, 15) is 18.0 Å². The number of para-hydroxylation sites is 4. The van der Waals surface area contributed by atoms with Gasteiger partial charge in [0, 0.05) is 18.1 Å². The molecule has 4 N–H and O–H groups in total. The normalized spacial score (nSPS) is 15.1. The number of anilines is 3. The zero-order valence-electron chi connectivity index (χ0n) is 21.3. The number of amides is 2. The van der Waals surface area contributed by atoms with Crippen molar-refractivity contribution >= 4 is 61.8 Å². The third kappa shape index (κ3) is 5.27. The summed E-state index contributed by atoms with van der Waals surface area (Å²) < 4.78 is 29.1. The molecule has 4 aromatic rings. The average Bonchev–Trinajstić information content (AvgIpc) is 3.32. The predicted molar refractivity (Wildman–Crippen MR) is 152 cm³/mol. The molecule has 39 heavy (non-hydrogen) atoms. The van der Waals surface area contributed by atoms with Crippen molar-refractivity contribution in [3.63, 3.8) is 0 Å². The second-order valence-corrected chi connectivity index (χ2v) is 11.5. The smallest absolute Gasteiger partial charge is 0.265 e. The van der Waals surface area contributed by atoms with Gasteiger partial charge in [0.2, 0.25) is 17.8 Å². The highest BCUT2D eigenvalue weighted by molar-refractivity contribution is 7.93. The molecule has 202 valence electrons. The number of rotatable bonds is 8. The van der Waals surface area contributed by atoms with Crippen LogP contribution in [0.4, 0.5) is 17.3 Å². The predicted octanol–water partition coefficient (Wildman–Crippen LogP) is 3.97. The lowest BCUT2D eigenvalue weighted by molar-refractivity contribution is -0.125. The van der Waals surface area contributed by atoms with Crippen LogP contribution in [-0.4, -0.2) is 49.3 Å². The minimum atomic E-state index is -4.24. The van der Waals surface area contributed by atoms with E-state index in [1.807, 2.05) is 24.3 Å². The van der Waals surface area contributed by atoms with E-state index in [4.69, 9.17) is 11.6 Å². The van der Waals surface area contributed by atoms with Crippen LogP contribution < -0.4 is 20.3 Å². The number of nitrogens with zero attached hydrogens (tertiary/aromatic N) is 2. The largest absolute Gasteiger partial charge is 0.354 e. The Labute approximate surface area is 230 Å². The Hall–Kier alpha value is -4.09. The molecule has 1 unspecified atom stereocenters. The first kappa shape index (κ1) is 26.5. The van der Waals surface area contributed by atoms with Gasteiger partial charge in [0.25, 0.3) is 10.0 Å². The van der Waals surface area contributed by atoms with Crippen molar-refractivity contribution in [1.82, 2.24) is 15.3 Å². The molecular formula is C27H27ClN6O4S. The summed E-state index contributed by atoms with van der Waals surface area (Å²) in [5.41, 5.74) is 3.37. The molecule has 0 spiro atoms. The van der Waals surface area contributed by atoms with E-state index in [0.29, 0.717) is 34.3 Å². The Morgan fingerprint density at radius 2 is 1.79 bits per heavy atom. The van der Waals surface area contributed by atoms with Crippen molar-refractivity contribution in [2.24, 2.45) is 0 Å². The summed E-state index contributed by atoms with van der Waals surface area (Å²) in [5, 5.41) is 9.04. The molecule has 1 atom stereocenters. The second kappa shape index (κ2) is 10.6. The summed E-state index contributed by atoms with van der Waals surface area (Å²) in [6.45, 7) is 3.96. The monoisotopic (exact) mass is 566 g/mol. The van der Waals surface area contributed by atoms with Crippen LogP contribution in [0, 0.1) is 13.8 Å². The number of carbonyl (C=O) groups is 2. The molecule has 0 radical (unpaired) electrons. The molecule has 0 aliphatic carbocycles. The van der Waals surface area contributed by atoms with E-state index < -0.39 is 27.9 Å². The molecule has 0 saturated heterocycles. The van der Waals surface area contributed by atoms with Gasteiger partial charge >= 0.3 is 0 Å². The van der Waals surface area contributed by atoms with E-state index >= 15 is 0 Å². The average molecular weight is 567 g/mol. The summed E-state index contributed by atoms with van der Waals surface area (Å²) in [6, 6.07) is 16.0. The lowest BCUT2D eigenvalue weighted by atomic mass is 10.1. The fraction of sp³-hybridized carbons (Fsp3) is 0.222. The summed E-state index contributed by atoms with van der Waals surface area (Å²) in [6.07, 6.45) is -0.365. The SMILES string of the molecule is Cc1cc(S(=O)(=O)N2c3ccccc3NC(=O)C2CC(=O)NCCNc2nc3ccccc3[nH]2)c(C)cc1Cl. The first-order valence-corrected chi connectivity index (χ1v) is 14.1. The molecule has 12 heteroatoms. The van der Waals surface area contributed by atoms with Crippen LogP contribution in [0.3, 0.4) is 0 Å². The van der Waals surface area contributed by atoms with Gasteiger partial charge < -0.3 is 20.9 Å². The van der Waals surface area contributed by atoms with Crippen LogP contribution in [0.2, 0.25) is 5.02 Å². The third-order valence-corrected chi connectivity index (χ3v) is 8.86. The van der Waals surface area contributed by atoms with Crippen molar-refractivity contribution < 1.29 is 18.0 Å². The van der Waals surface area contributed by atoms with Crippen LogP contribution in [0.1, 0.15) is 17.5 Å². The highest BCUT2D eigenvalue weighted by atomic mass is 35.5. The molecule has 1 aromatic heterocycles. The molecule has 5 rings (SSSR count). The second-order valence-electron chi connectivity index (χ2n) is 9.27. The molecule has 1 aliphatic rings. The van der Waals surface area contributed by atoms with Crippen LogP contribution in [0.15, 0.2) is 65.6 Å². The standard InChI is InChI=1S/C27H27ClN6O4S/c1-16-14-24(17(2)13-18(16)28)39(37,38)34-22-10-6-5-9-21(22)31-26(36)23(34)15-25(35)29-11-12-30-27-32-19-7-3-4-8-20(19)33-27/h3-10,13-14,23H,11-12,15H2,1-2H3,(H,29,35)(H,31,36)(H2,30,32,33). The fourth-order valence-electron chi connectivity index (χ4n) is 4.54. The summed E-state index contributed by atoms with van der Waals surface area (Å²) in [5.74, 6) is -0.485. The number of halogens is 1. The number of nitrogens with one attached hydrogen (secondary N) is 4. The van der Waals surface area contributed by atoms with Gasteiger partial charge in [-0.15, -0.1) is 0 Å². The lowest BCUT2D eigenvalue weighted by Crippen LogP contribution is -2.53. The number of carbonyl (C=O) groups excluding carboxylic acids is 2. The maximum atomic E-state index is 14.0. The van der Waals surface area contributed by atoms with Crippen molar-refractivity contribution in [2.45, 2.75) is 31.2 Å². The minimum absolute atomic E-state index is 0.0225. The molecular weight excluding hydrogens is 540 g/mol. The van der Waals surface area contributed by atoms with Gasteiger partial charge in [-0.25, -0.2) is 13.4 Å². The Balaban J connectivity index is 1.34. The maximum Gasteiger partial charge on any atom is 0.265 e. The first-order valence-electron chi connectivity index (χ1n) is 12.3. The first-order chi connectivity index (χ1) is 18.6. The summed E-state index contributed by atoms with van der Waals surface area (Å²) in [7, 11) is -4.24. The van der Waals surface area contributed by atoms with Gasteiger partial charge in [0.05, 0.1) is 33.7 Å². The van der Waals surface area contributed by atoms with Crippen molar-refractivity contribution in [3.8, 4) is 0 Å². The van der Waals surface area contributed by atoms with Crippen LogP contribution in [-0.2, 0) is 19.6 Å². The number of hydrogen-bond acceptors (Lipinski definition) is 6. The van der Waals surface area contributed by atoms with Crippen LogP contribution >= 0.6 is 11.6 Å². The Morgan fingerprint density at radius 1 is 1.05 bits per heavy atom. The molecule has 2 heterocycles. The molecule has 0 fully saturated rings. The quantitative estimate of drug-likeness (QED) is 0.238. The number of aromatic amines is 1. The fourth-order valence-corrected chi connectivity index (χ4v) is 6.69. The van der Waals surface area contributed by atoms with Gasteiger partial charge in [0.15, 0.2) is 0 Å². The molecule has 1 aliphatic heterocycles.